The van der Waals surface area contributed by atoms with Crippen molar-refractivity contribution in [3.8, 4) is 6.07 Å². The topological polar surface area (TPSA) is 98.8 Å². The summed E-state index contributed by atoms with van der Waals surface area (Å²) in [5.74, 6) is -1.07. The molecule has 0 aliphatic carbocycles. The number of fused-ring (bicyclic) bond motifs is 1. The monoisotopic (exact) mass is 389 g/mol. The summed E-state index contributed by atoms with van der Waals surface area (Å²) >= 11 is 0. The van der Waals surface area contributed by atoms with Gasteiger partial charge in [0.25, 0.3) is 5.91 Å². The Bertz CT molecular complexity index is 1080. The standard InChI is InChI=1S/C18H14F3N5O2/c19-18(20,21)16-6-15(28-25-16)17(27)26-3-1-2-11(9-26)12-5-13-14(24-12)4-10(7-22)8-23-13/h4-6,8,11,24H,1-3,9H2. The van der Waals surface area contributed by atoms with E-state index in [-0.39, 0.29) is 5.92 Å². The maximum absolute atomic E-state index is 12.7. The third-order valence-electron chi connectivity index (χ3n) is 4.78. The van der Waals surface area contributed by atoms with Gasteiger partial charge in [0.2, 0.25) is 5.76 Å². The minimum Gasteiger partial charge on any atom is -0.357 e. The van der Waals surface area contributed by atoms with Gasteiger partial charge in [-0.05, 0) is 25.0 Å². The summed E-state index contributed by atoms with van der Waals surface area (Å²) in [7, 11) is 0. The van der Waals surface area contributed by atoms with Crippen molar-refractivity contribution in [1.82, 2.24) is 20.0 Å². The van der Waals surface area contributed by atoms with E-state index in [9.17, 15) is 18.0 Å². The number of halogens is 3. The highest BCUT2D eigenvalue weighted by atomic mass is 19.4. The van der Waals surface area contributed by atoms with Crippen LogP contribution in [-0.2, 0) is 6.18 Å². The number of H-pyrrole nitrogens is 1. The van der Waals surface area contributed by atoms with Gasteiger partial charge in [0, 0.05) is 37.0 Å². The van der Waals surface area contributed by atoms with E-state index >= 15 is 0 Å². The van der Waals surface area contributed by atoms with Crippen LogP contribution in [0.15, 0.2) is 28.9 Å². The Labute approximate surface area is 156 Å². The molecule has 144 valence electrons. The van der Waals surface area contributed by atoms with Crippen molar-refractivity contribution in [3.63, 3.8) is 0 Å². The van der Waals surface area contributed by atoms with Crippen LogP contribution in [0.4, 0.5) is 13.2 Å². The molecule has 1 atom stereocenters. The normalized spacial score (nSPS) is 17.6. The highest BCUT2D eigenvalue weighted by Crippen LogP contribution is 2.31. The van der Waals surface area contributed by atoms with Crippen LogP contribution in [0, 0.1) is 11.3 Å². The van der Waals surface area contributed by atoms with E-state index in [1.807, 2.05) is 12.1 Å². The summed E-state index contributed by atoms with van der Waals surface area (Å²) in [6.07, 6.45) is -1.67. The second-order valence-electron chi connectivity index (χ2n) is 6.66. The number of nitrogens with one attached hydrogen (secondary N) is 1. The van der Waals surface area contributed by atoms with E-state index < -0.39 is 23.5 Å². The lowest BCUT2D eigenvalue weighted by Crippen LogP contribution is -2.39. The molecule has 1 aliphatic rings. The Hall–Kier alpha value is -3.35. The molecule has 4 heterocycles. The van der Waals surface area contributed by atoms with Crippen LogP contribution in [0.25, 0.3) is 11.0 Å². The number of aromatic nitrogens is 3. The quantitative estimate of drug-likeness (QED) is 0.724. The highest BCUT2D eigenvalue weighted by molar-refractivity contribution is 5.91. The molecule has 4 rings (SSSR count). The summed E-state index contributed by atoms with van der Waals surface area (Å²) in [6.45, 7) is 0.757. The van der Waals surface area contributed by atoms with Gasteiger partial charge in [0.05, 0.1) is 16.6 Å². The molecular weight excluding hydrogens is 375 g/mol. The number of amides is 1. The molecule has 1 saturated heterocycles. The molecule has 1 amide bonds. The molecule has 1 unspecified atom stereocenters. The number of nitriles is 1. The molecule has 28 heavy (non-hydrogen) atoms. The van der Waals surface area contributed by atoms with Gasteiger partial charge in [-0.2, -0.15) is 18.4 Å². The van der Waals surface area contributed by atoms with Crippen LogP contribution in [0.3, 0.4) is 0 Å². The van der Waals surface area contributed by atoms with Crippen molar-refractivity contribution in [2.45, 2.75) is 24.9 Å². The molecule has 0 radical (unpaired) electrons. The molecule has 1 N–H and O–H groups in total. The molecular formula is C18H14F3N5O2. The third kappa shape index (κ3) is 3.31. The number of nitrogens with zero attached hydrogens (tertiary/aromatic N) is 4. The number of hydrogen-bond donors (Lipinski definition) is 1. The van der Waals surface area contributed by atoms with Crippen molar-refractivity contribution in [2.24, 2.45) is 0 Å². The number of rotatable bonds is 2. The van der Waals surface area contributed by atoms with Crippen molar-refractivity contribution in [3.05, 3.63) is 47.1 Å². The van der Waals surface area contributed by atoms with E-state index in [0.29, 0.717) is 36.7 Å². The van der Waals surface area contributed by atoms with E-state index in [4.69, 9.17) is 5.26 Å². The lowest BCUT2D eigenvalue weighted by atomic mass is 9.94. The molecule has 1 aliphatic heterocycles. The Balaban J connectivity index is 1.53. The summed E-state index contributed by atoms with van der Waals surface area (Å²) in [6, 6.07) is 6.22. The van der Waals surface area contributed by atoms with Crippen LogP contribution >= 0.6 is 0 Å². The average Bonchev–Trinajstić information content (AvgIpc) is 3.34. The average molecular weight is 389 g/mol. The SMILES string of the molecule is N#Cc1cnc2cc(C3CCCN(C(=O)c4cc(C(F)(F)F)no4)C3)[nH]c2c1. The number of carbonyl (C=O) groups is 1. The summed E-state index contributed by atoms with van der Waals surface area (Å²) < 4.78 is 42.6. The predicted octanol–water partition coefficient (Wildman–Crippen LogP) is 3.46. The number of aromatic amines is 1. The third-order valence-corrected chi connectivity index (χ3v) is 4.78. The van der Waals surface area contributed by atoms with Crippen molar-refractivity contribution >= 4 is 16.9 Å². The van der Waals surface area contributed by atoms with Gasteiger partial charge in [-0.15, -0.1) is 0 Å². The van der Waals surface area contributed by atoms with Crippen LogP contribution in [0.2, 0.25) is 0 Å². The van der Waals surface area contributed by atoms with Crippen LogP contribution < -0.4 is 0 Å². The zero-order chi connectivity index (χ0) is 19.9. The first-order chi connectivity index (χ1) is 13.3. The Morgan fingerprint density at radius 2 is 2.18 bits per heavy atom. The number of alkyl halides is 3. The number of pyridine rings is 1. The first kappa shape index (κ1) is 18.0. The maximum Gasteiger partial charge on any atom is 0.436 e. The molecule has 1 fully saturated rings. The number of likely N-dealkylation sites (tertiary alicyclic amines) is 1. The van der Waals surface area contributed by atoms with Gasteiger partial charge in [-0.1, -0.05) is 5.16 Å². The minimum atomic E-state index is -4.66. The second kappa shape index (κ2) is 6.67. The van der Waals surface area contributed by atoms with Crippen LogP contribution in [0.1, 0.15) is 46.3 Å². The van der Waals surface area contributed by atoms with Gasteiger partial charge >= 0.3 is 6.18 Å². The zero-order valence-corrected chi connectivity index (χ0v) is 14.5. The second-order valence-corrected chi connectivity index (χ2v) is 6.66. The zero-order valence-electron chi connectivity index (χ0n) is 14.5. The largest absolute Gasteiger partial charge is 0.436 e. The fraction of sp³-hybridized carbons (Fsp3) is 0.333. The minimum absolute atomic E-state index is 0.0255. The number of hydrogen-bond acceptors (Lipinski definition) is 5. The first-order valence-electron chi connectivity index (χ1n) is 8.57. The summed E-state index contributed by atoms with van der Waals surface area (Å²) in [5.41, 5.74) is 1.51. The van der Waals surface area contributed by atoms with Crippen molar-refractivity contribution < 1.29 is 22.5 Å². The smallest absolute Gasteiger partial charge is 0.357 e. The molecule has 3 aromatic rings. The number of piperidine rings is 1. The Morgan fingerprint density at radius 3 is 2.89 bits per heavy atom. The molecule has 0 aromatic carbocycles. The van der Waals surface area contributed by atoms with E-state index in [0.717, 1.165) is 17.6 Å². The van der Waals surface area contributed by atoms with Crippen molar-refractivity contribution in [1.29, 1.82) is 5.26 Å². The fourth-order valence-electron chi connectivity index (χ4n) is 3.39. The van der Waals surface area contributed by atoms with Crippen LogP contribution in [-0.4, -0.2) is 39.0 Å². The molecule has 0 saturated carbocycles. The first-order valence-corrected chi connectivity index (χ1v) is 8.57. The molecule has 7 nitrogen and oxygen atoms in total. The molecule has 0 bridgehead atoms. The molecule has 3 aromatic heterocycles. The number of carbonyl (C=O) groups excluding carboxylic acids is 1. The fourth-order valence-corrected chi connectivity index (χ4v) is 3.39. The van der Waals surface area contributed by atoms with E-state index in [1.54, 1.807) is 6.07 Å². The van der Waals surface area contributed by atoms with E-state index in [2.05, 4.69) is 19.6 Å². The Morgan fingerprint density at radius 1 is 1.36 bits per heavy atom. The molecule has 0 spiro atoms. The van der Waals surface area contributed by atoms with Gasteiger partial charge in [0.15, 0.2) is 5.69 Å². The Kier molecular flexibility index (Phi) is 4.30. The highest BCUT2D eigenvalue weighted by Gasteiger charge is 2.37. The van der Waals surface area contributed by atoms with Crippen molar-refractivity contribution in [2.75, 3.05) is 13.1 Å². The van der Waals surface area contributed by atoms with E-state index in [1.165, 1.54) is 11.1 Å². The summed E-state index contributed by atoms with van der Waals surface area (Å²) in [4.78, 5) is 21.5. The van der Waals surface area contributed by atoms with Gasteiger partial charge in [0.1, 0.15) is 6.07 Å². The van der Waals surface area contributed by atoms with Gasteiger partial charge < -0.3 is 14.4 Å². The van der Waals surface area contributed by atoms with Gasteiger partial charge in [-0.25, -0.2) is 0 Å². The van der Waals surface area contributed by atoms with Crippen LogP contribution in [0.5, 0.6) is 0 Å². The summed E-state index contributed by atoms with van der Waals surface area (Å²) in [5, 5.41) is 11.9. The predicted molar refractivity (Wildman–Crippen MR) is 90.2 cm³/mol. The lowest BCUT2D eigenvalue weighted by Gasteiger charge is -2.31. The van der Waals surface area contributed by atoms with Gasteiger partial charge in [-0.3, -0.25) is 9.78 Å². The molecule has 10 heteroatoms. The lowest BCUT2D eigenvalue weighted by molar-refractivity contribution is -0.142. The maximum atomic E-state index is 12.7.